The Kier molecular flexibility index (Phi) is 4.23. The summed E-state index contributed by atoms with van der Waals surface area (Å²) in [6.45, 7) is 3.79. The van der Waals surface area contributed by atoms with Crippen LogP contribution in [0.5, 0.6) is 5.75 Å². The van der Waals surface area contributed by atoms with E-state index in [2.05, 4.69) is 23.7 Å². The van der Waals surface area contributed by atoms with Gasteiger partial charge in [-0.1, -0.05) is 6.07 Å². The Morgan fingerprint density at radius 1 is 1.28 bits per heavy atom. The second-order valence-electron chi connectivity index (χ2n) is 4.20. The van der Waals surface area contributed by atoms with E-state index in [0.29, 0.717) is 0 Å². The van der Waals surface area contributed by atoms with E-state index in [0.717, 1.165) is 30.1 Å². The first-order chi connectivity index (χ1) is 8.70. The number of hydrogen-bond donors (Lipinski definition) is 2. The third-order valence-corrected chi connectivity index (χ3v) is 3.95. The van der Waals surface area contributed by atoms with Crippen molar-refractivity contribution in [1.29, 1.82) is 0 Å². The van der Waals surface area contributed by atoms with Gasteiger partial charge in [0.05, 0.1) is 7.11 Å². The molecule has 0 atom stereocenters. The maximum absolute atomic E-state index is 5.97. The van der Waals surface area contributed by atoms with E-state index in [9.17, 15) is 0 Å². The van der Waals surface area contributed by atoms with Crippen molar-refractivity contribution in [3.05, 3.63) is 45.6 Å². The Hall–Kier alpha value is -1.52. The first-order valence-corrected chi connectivity index (χ1v) is 6.74. The summed E-state index contributed by atoms with van der Waals surface area (Å²) >= 11 is 1.78. The molecule has 0 aliphatic rings. The summed E-state index contributed by atoms with van der Waals surface area (Å²) in [4.78, 5) is 1.38. The molecular weight excluding hydrogens is 244 g/mol. The minimum absolute atomic E-state index is 0.768. The Morgan fingerprint density at radius 2 is 2.11 bits per heavy atom. The average molecular weight is 262 g/mol. The van der Waals surface area contributed by atoms with Gasteiger partial charge in [-0.15, -0.1) is 11.3 Å². The SMILES string of the molecule is COc1ccc(CNCc2sccc2C)c(N)c1. The molecule has 96 valence electrons. The van der Waals surface area contributed by atoms with Crippen LogP contribution in [0.25, 0.3) is 0 Å². The standard InChI is InChI=1S/C14H18N2OS/c1-10-5-6-18-14(10)9-16-8-11-3-4-12(17-2)7-13(11)15/h3-7,16H,8-9,15H2,1-2H3. The van der Waals surface area contributed by atoms with Gasteiger partial charge in [-0.05, 0) is 35.6 Å². The fourth-order valence-electron chi connectivity index (χ4n) is 1.76. The molecule has 2 rings (SSSR count). The molecule has 3 N–H and O–H groups in total. The van der Waals surface area contributed by atoms with Crippen molar-refractivity contribution in [3.63, 3.8) is 0 Å². The lowest BCUT2D eigenvalue weighted by molar-refractivity contribution is 0.415. The number of benzene rings is 1. The predicted octanol–water partition coefficient (Wildman–Crippen LogP) is 2.94. The molecule has 0 unspecified atom stereocenters. The maximum atomic E-state index is 5.97. The molecule has 3 nitrogen and oxygen atoms in total. The lowest BCUT2D eigenvalue weighted by Gasteiger charge is -2.09. The lowest BCUT2D eigenvalue weighted by atomic mass is 10.1. The number of nitrogens with one attached hydrogen (secondary N) is 1. The van der Waals surface area contributed by atoms with Crippen molar-refractivity contribution >= 4 is 17.0 Å². The highest BCUT2D eigenvalue weighted by molar-refractivity contribution is 7.10. The lowest BCUT2D eigenvalue weighted by Crippen LogP contribution is -2.13. The summed E-state index contributed by atoms with van der Waals surface area (Å²) in [5.41, 5.74) is 9.18. The monoisotopic (exact) mass is 262 g/mol. The molecule has 0 bridgehead atoms. The van der Waals surface area contributed by atoms with Crippen LogP contribution in [0.4, 0.5) is 5.69 Å². The summed E-state index contributed by atoms with van der Waals surface area (Å²) in [5.74, 6) is 0.797. The molecule has 0 aliphatic carbocycles. The number of nitrogens with two attached hydrogens (primary N) is 1. The molecule has 0 amide bonds. The van der Waals surface area contributed by atoms with Crippen molar-refractivity contribution in [2.24, 2.45) is 0 Å². The molecule has 0 radical (unpaired) electrons. The van der Waals surface area contributed by atoms with Gasteiger partial charge >= 0.3 is 0 Å². The number of hydrogen-bond acceptors (Lipinski definition) is 4. The molecule has 0 saturated carbocycles. The van der Waals surface area contributed by atoms with E-state index in [-0.39, 0.29) is 0 Å². The van der Waals surface area contributed by atoms with E-state index in [1.807, 2.05) is 18.2 Å². The molecule has 4 heteroatoms. The Balaban J connectivity index is 1.92. The largest absolute Gasteiger partial charge is 0.497 e. The van der Waals surface area contributed by atoms with Crippen molar-refractivity contribution < 1.29 is 4.74 Å². The number of nitrogen functional groups attached to an aromatic ring is 1. The van der Waals surface area contributed by atoms with Crippen LogP contribution >= 0.6 is 11.3 Å². The molecule has 0 fully saturated rings. The van der Waals surface area contributed by atoms with Gasteiger partial charge in [-0.3, -0.25) is 0 Å². The van der Waals surface area contributed by atoms with E-state index in [1.165, 1.54) is 10.4 Å². The van der Waals surface area contributed by atoms with Crippen LogP contribution in [0.2, 0.25) is 0 Å². The zero-order chi connectivity index (χ0) is 13.0. The molecule has 0 aliphatic heterocycles. The van der Waals surface area contributed by atoms with Crippen LogP contribution in [0.15, 0.2) is 29.6 Å². The predicted molar refractivity (Wildman–Crippen MR) is 77.0 cm³/mol. The molecule has 18 heavy (non-hydrogen) atoms. The number of anilines is 1. The van der Waals surface area contributed by atoms with E-state index in [4.69, 9.17) is 10.5 Å². The van der Waals surface area contributed by atoms with Crippen molar-refractivity contribution in [3.8, 4) is 5.75 Å². The second-order valence-corrected chi connectivity index (χ2v) is 5.20. The third-order valence-electron chi connectivity index (χ3n) is 2.92. The highest BCUT2D eigenvalue weighted by Gasteiger charge is 2.02. The molecule has 0 spiro atoms. The van der Waals surface area contributed by atoms with Gasteiger partial charge in [0.15, 0.2) is 0 Å². The quantitative estimate of drug-likeness (QED) is 0.814. The molecule has 1 aromatic heterocycles. The minimum Gasteiger partial charge on any atom is -0.497 e. The molecular formula is C14H18N2OS. The fraction of sp³-hybridized carbons (Fsp3) is 0.286. The van der Waals surface area contributed by atoms with Gasteiger partial charge in [0.1, 0.15) is 5.75 Å². The third kappa shape index (κ3) is 3.03. The molecule has 2 aromatic rings. The fourth-order valence-corrected chi connectivity index (χ4v) is 2.63. The van der Waals surface area contributed by atoms with Crippen molar-refractivity contribution in [2.75, 3.05) is 12.8 Å². The average Bonchev–Trinajstić information content (AvgIpc) is 2.77. The highest BCUT2D eigenvalue weighted by atomic mass is 32.1. The maximum Gasteiger partial charge on any atom is 0.120 e. The highest BCUT2D eigenvalue weighted by Crippen LogP contribution is 2.20. The van der Waals surface area contributed by atoms with Gasteiger partial charge in [-0.25, -0.2) is 0 Å². The zero-order valence-corrected chi connectivity index (χ0v) is 11.5. The van der Waals surface area contributed by atoms with Crippen LogP contribution < -0.4 is 15.8 Å². The van der Waals surface area contributed by atoms with Gasteiger partial charge in [0, 0.05) is 29.7 Å². The smallest absolute Gasteiger partial charge is 0.120 e. The summed E-state index contributed by atoms with van der Waals surface area (Å²) in [6.07, 6.45) is 0. The molecule has 0 saturated heterocycles. The van der Waals surface area contributed by atoms with Crippen LogP contribution in [-0.4, -0.2) is 7.11 Å². The number of rotatable bonds is 5. The Labute approximate surface area is 112 Å². The first kappa shape index (κ1) is 12.9. The van der Waals surface area contributed by atoms with Gasteiger partial charge in [-0.2, -0.15) is 0 Å². The number of methoxy groups -OCH3 is 1. The van der Waals surface area contributed by atoms with Crippen LogP contribution in [0, 0.1) is 6.92 Å². The van der Waals surface area contributed by atoms with E-state index < -0.39 is 0 Å². The van der Waals surface area contributed by atoms with Crippen LogP contribution in [0.1, 0.15) is 16.0 Å². The molecule has 1 heterocycles. The Morgan fingerprint density at radius 3 is 2.72 bits per heavy atom. The number of ether oxygens (including phenoxy) is 1. The summed E-state index contributed by atoms with van der Waals surface area (Å²) in [6, 6.07) is 7.93. The normalized spacial score (nSPS) is 10.6. The van der Waals surface area contributed by atoms with Crippen LogP contribution in [-0.2, 0) is 13.1 Å². The summed E-state index contributed by atoms with van der Waals surface area (Å²) in [7, 11) is 1.65. The second kappa shape index (κ2) is 5.89. The topological polar surface area (TPSA) is 47.3 Å². The number of thiophene rings is 1. The Bertz CT molecular complexity index is 522. The summed E-state index contributed by atoms with van der Waals surface area (Å²) < 4.78 is 5.13. The zero-order valence-electron chi connectivity index (χ0n) is 10.7. The van der Waals surface area contributed by atoms with E-state index >= 15 is 0 Å². The van der Waals surface area contributed by atoms with Gasteiger partial charge in [0.25, 0.3) is 0 Å². The van der Waals surface area contributed by atoms with Crippen LogP contribution in [0.3, 0.4) is 0 Å². The number of aryl methyl sites for hydroxylation is 1. The first-order valence-electron chi connectivity index (χ1n) is 5.87. The minimum atomic E-state index is 0.768. The van der Waals surface area contributed by atoms with E-state index in [1.54, 1.807) is 18.4 Å². The summed E-state index contributed by atoms with van der Waals surface area (Å²) in [5, 5.41) is 5.53. The molecule has 1 aromatic carbocycles. The van der Waals surface area contributed by atoms with Crippen molar-refractivity contribution in [1.82, 2.24) is 5.32 Å². The van der Waals surface area contributed by atoms with Crippen molar-refractivity contribution in [2.45, 2.75) is 20.0 Å². The van der Waals surface area contributed by atoms with Gasteiger partial charge in [0.2, 0.25) is 0 Å². The van der Waals surface area contributed by atoms with Gasteiger partial charge < -0.3 is 15.8 Å².